The van der Waals surface area contributed by atoms with Crippen LogP contribution in [-0.2, 0) is 14.3 Å². The number of nitrogens with one attached hydrogen (secondary N) is 1. The first-order valence-corrected chi connectivity index (χ1v) is 28.1. The highest BCUT2D eigenvalue weighted by atomic mass is 16.5. The lowest BCUT2D eigenvalue weighted by Crippen LogP contribution is -2.45. The maximum Gasteiger partial charge on any atom is 0.305 e. The van der Waals surface area contributed by atoms with E-state index in [-0.39, 0.29) is 18.5 Å². The van der Waals surface area contributed by atoms with Crippen LogP contribution in [0.5, 0.6) is 0 Å². The van der Waals surface area contributed by atoms with Crippen molar-refractivity contribution in [2.24, 2.45) is 0 Å². The lowest BCUT2D eigenvalue weighted by molar-refractivity contribution is -0.143. The molecule has 0 saturated carbocycles. The molecule has 0 aliphatic carbocycles. The van der Waals surface area contributed by atoms with E-state index in [9.17, 15) is 19.8 Å². The van der Waals surface area contributed by atoms with Gasteiger partial charge in [-0.15, -0.1) is 0 Å². The van der Waals surface area contributed by atoms with Crippen molar-refractivity contribution in [3.63, 3.8) is 0 Å². The molecule has 6 nitrogen and oxygen atoms in total. The number of rotatable bonds is 52. The molecule has 0 aromatic carbocycles. The molecule has 1 amide bonds. The van der Waals surface area contributed by atoms with E-state index in [2.05, 4.69) is 31.3 Å². The molecule has 6 heteroatoms. The molecule has 0 spiro atoms. The largest absolute Gasteiger partial charge is 0.466 e. The van der Waals surface area contributed by atoms with Crippen LogP contribution >= 0.6 is 0 Å². The van der Waals surface area contributed by atoms with Gasteiger partial charge in [-0.05, 0) is 57.8 Å². The summed E-state index contributed by atoms with van der Waals surface area (Å²) in [7, 11) is 0. The van der Waals surface area contributed by atoms with Gasteiger partial charge >= 0.3 is 5.97 Å². The van der Waals surface area contributed by atoms with Gasteiger partial charge in [0, 0.05) is 12.8 Å². The zero-order chi connectivity index (χ0) is 45.8. The van der Waals surface area contributed by atoms with E-state index in [1.807, 2.05) is 6.08 Å². The van der Waals surface area contributed by atoms with Gasteiger partial charge in [0.05, 0.1) is 25.4 Å². The lowest BCUT2D eigenvalue weighted by atomic mass is 10.0. The van der Waals surface area contributed by atoms with Gasteiger partial charge in [-0.2, -0.15) is 0 Å². The minimum atomic E-state index is -0.866. The highest BCUT2D eigenvalue weighted by Gasteiger charge is 2.18. The number of aliphatic hydroxyl groups is 2. The molecule has 2 unspecified atom stereocenters. The summed E-state index contributed by atoms with van der Waals surface area (Å²) < 4.78 is 5.45. The minimum Gasteiger partial charge on any atom is -0.466 e. The third-order valence-corrected chi connectivity index (χ3v) is 13.0. The topological polar surface area (TPSA) is 95.9 Å². The van der Waals surface area contributed by atoms with Crippen LogP contribution in [0.1, 0.15) is 303 Å². The molecular formula is C57H109NO5. The van der Waals surface area contributed by atoms with Gasteiger partial charge in [0.25, 0.3) is 0 Å². The van der Waals surface area contributed by atoms with Gasteiger partial charge in [-0.25, -0.2) is 0 Å². The Bertz CT molecular complexity index is 982. The first kappa shape index (κ1) is 61.3. The fourth-order valence-electron chi connectivity index (χ4n) is 8.63. The highest BCUT2D eigenvalue weighted by molar-refractivity contribution is 5.76. The van der Waals surface area contributed by atoms with Crippen molar-refractivity contribution < 1.29 is 24.5 Å². The third kappa shape index (κ3) is 49.6. The van der Waals surface area contributed by atoms with E-state index in [0.29, 0.717) is 19.4 Å². The summed E-state index contributed by atoms with van der Waals surface area (Å²) >= 11 is 0. The zero-order valence-electron chi connectivity index (χ0n) is 42.3. The van der Waals surface area contributed by atoms with Crippen molar-refractivity contribution in [1.82, 2.24) is 5.32 Å². The van der Waals surface area contributed by atoms with E-state index >= 15 is 0 Å². The lowest BCUT2D eigenvalue weighted by Gasteiger charge is -2.20. The van der Waals surface area contributed by atoms with E-state index in [0.717, 1.165) is 77.0 Å². The van der Waals surface area contributed by atoms with Crippen molar-refractivity contribution in [3.8, 4) is 0 Å². The number of unbranched alkanes of at least 4 members (excludes halogenated alkanes) is 39. The number of carbonyl (C=O) groups excluding carboxylic acids is 2. The SMILES string of the molecule is CCCCCCCCCCCCCCCCCCC/C=C/C(O)C(CO)NC(=O)CCCCCC/C=C\CCCCOC(=O)CCCCCCCCCCCCCCCCCCC. The Kier molecular flexibility index (Phi) is 51.6. The summed E-state index contributed by atoms with van der Waals surface area (Å²) in [5.74, 6) is -0.135. The zero-order valence-corrected chi connectivity index (χ0v) is 42.3. The molecule has 0 bridgehead atoms. The Morgan fingerprint density at radius 1 is 0.429 bits per heavy atom. The van der Waals surface area contributed by atoms with Gasteiger partial charge < -0.3 is 20.3 Å². The maximum absolute atomic E-state index is 12.5. The number of hydrogen-bond donors (Lipinski definition) is 3. The summed E-state index contributed by atoms with van der Waals surface area (Å²) in [6.07, 6.45) is 63.4. The smallest absolute Gasteiger partial charge is 0.305 e. The van der Waals surface area contributed by atoms with E-state index in [1.165, 1.54) is 199 Å². The monoisotopic (exact) mass is 888 g/mol. The molecule has 372 valence electrons. The number of allylic oxidation sites excluding steroid dienone is 3. The van der Waals surface area contributed by atoms with Crippen LogP contribution in [-0.4, -0.2) is 47.4 Å². The summed E-state index contributed by atoms with van der Waals surface area (Å²) in [6.45, 7) is 4.83. The van der Waals surface area contributed by atoms with Gasteiger partial charge in [-0.1, -0.05) is 256 Å². The summed E-state index contributed by atoms with van der Waals surface area (Å²) in [6, 6.07) is -0.653. The Labute approximate surface area is 392 Å². The molecule has 0 rings (SSSR count). The quantitative estimate of drug-likeness (QED) is 0.0321. The molecule has 0 radical (unpaired) electrons. The van der Waals surface area contributed by atoms with Crippen molar-refractivity contribution in [2.45, 2.75) is 315 Å². The Hall–Kier alpha value is -1.66. The third-order valence-electron chi connectivity index (χ3n) is 13.0. The number of carbonyl (C=O) groups is 2. The van der Waals surface area contributed by atoms with Crippen LogP contribution in [0.25, 0.3) is 0 Å². The molecule has 0 aromatic heterocycles. The van der Waals surface area contributed by atoms with Gasteiger partial charge in [0.1, 0.15) is 0 Å². The van der Waals surface area contributed by atoms with Crippen LogP contribution in [0, 0.1) is 0 Å². The number of aliphatic hydroxyl groups excluding tert-OH is 2. The Balaban J connectivity index is 3.53. The average molecular weight is 889 g/mol. The minimum absolute atomic E-state index is 0.0341. The molecule has 2 atom stereocenters. The van der Waals surface area contributed by atoms with Crippen molar-refractivity contribution in [3.05, 3.63) is 24.3 Å². The summed E-state index contributed by atoms with van der Waals surface area (Å²) in [4.78, 5) is 24.5. The summed E-state index contributed by atoms with van der Waals surface area (Å²) in [5.41, 5.74) is 0. The Morgan fingerprint density at radius 2 is 0.746 bits per heavy atom. The van der Waals surface area contributed by atoms with E-state index in [1.54, 1.807) is 6.08 Å². The van der Waals surface area contributed by atoms with Crippen LogP contribution in [0.15, 0.2) is 24.3 Å². The van der Waals surface area contributed by atoms with Crippen LogP contribution in [0.4, 0.5) is 0 Å². The second-order valence-electron chi connectivity index (χ2n) is 19.3. The maximum atomic E-state index is 12.5. The molecule has 0 aliphatic heterocycles. The number of ether oxygens (including phenoxy) is 1. The van der Waals surface area contributed by atoms with Gasteiger partial charge in [-0.3, -0.25) is 9.59 Å². The van der Waals surface area contributed by atoms with E-state index in [4.69, 9.17) is 4.74 Å². The molecule has 0 saturated heterocycles. The van der Waals surface area contributed by atoms with Crippen LogP contribution in [0.3, 0.4) is 0 Å². The molecule has 0 fully saturated rings. The molecular weight excluding hydrogens is 779 g/mol. The van der Waals surface area contributed by atoms with E-state index < -0.39 is 12.1 Å². The standard InChI is InChI=1S/C57H109NO5/c1-3-5-7-9-11-13-15-17-19-21-22-24-25-27-29-33-37-41-45-49-55(60)54(53-59)58-56(61)50-46-42-38-34-31-32-36-40-44-48-52-63-57(62)51-47-43-39-35-30-28-26-23-20-18-16-14-12-10-8-6-4-2/h32,36,45,49,54-55,59-60H,3-31,33-35,37-44,46-48,50-53H2,1-2H3,(H,58,61)/b36-32-,49-45+. The number of amides is 1. The van der Waals surface area contributed by atoms with Gasteiger partial charge in [0.15, 0.2) is 0 Å². The highest BCUT2D eigenvalue weighted by Crippen LogP contribution is 2.17. The van der Waals surface area contributed by atoms with Crippen LogP contribution in [0.2, 0.25) is 0 Å². The predicted octanol–water partition coefficient (Wildman–Crippen LogP) is 17.1. The average Bonchev–Trinajstić information content (AvgIpc) is 3.28. The molecule has 0 aliphatic rings. The predicted molar refractivity (Wildman–Crippen MR) is 273 cm³/mol. The molecule has 0 aromatic rings. The molecule has 0 heterocycles. The Morgan fingerprint density at radius 3 is 1.13 bits per heavy atom. The normalized spacial score (nSPS) is 12.8. The summed E-state index contributed by atoms with van der Waals surface area (Å²) in [5, 5.41) is 23.1. The first-order valence-electron chi connectivity index (χ1n) is 28.1. The van der Waals surface area contributed by atoms with Crippen LogP contribution < -0.4 is 5.32 Å². The fourth-order valence-corrected chi connectivity index (χ4v) is 8.63. The van der Waals surface area contributed by atoms with Gasteiger partial charge in [0.2, 0.25) is 5.91 Å². The fraction of sp³-hybridized carbons (Fsp3) is 0.895. The molecule has 63 heavy (non-hydrogen) atoms. The number of hydrogen-bond acceptors (Lipinski definition) is 5. The van der Waals surface area contributed by atoms with Crippen molar-refractivity contribution in [2.75, 3.05) is 13.2 Å². The second kappa shape index (κ2) is 53.0. The second-order valence-corrected chi connectivity index (χ2v) is 19.3. The van der Waals surface area contributed by atoms with Crippen molar-refractivity contribution >= 4 is 11.9 Å². The van der Waals surface area contributed by atoms with Crippen molar-refractivity contribution in [1.29, 1.82) is 0 Å². The molecule has 3 N–H and O–H groups in total. The first-order chi connectivity index (χ1) is 31.0. The number of esters is 1.